The third-order valence-electron chi connectivity index (χ3n) is 1.72. The maximum atomic E-state index is 3.30. The Morgan fingerprint density at radius 2 is 1.73 bits per heavy atom. The summed E-state index contributed by atoms with van der Waals surface area (Å²) < 4.78 is 0. The topological polar surface area (TPSA) is 24.1 Å². The minimum Gasteiger partial charge on any atom is -0.318 e. The fraction of sp³-hybridized carbons (Fsp3) is 1.00. The third kappa shape index (κ3) is 6.32. The van der Waals surface area contributed by atoms with E-state index in [9.17, 15) is 0 Å². The molecular weight excluding hydrogens is 136 g/mol. The molecular formula is C9H22N2. The average Bonchev–Trinajstić information content (AvgIpc) is 1.84. The molecule has 0 heterocycles. The van der Waals surface area contributed by atoms with Gasteiger partial charge in [0.05, 0.1) is 0 Å². The van der Waals surface area contributed by atoms with Crippen LogP contribution in [0.4, 0.5) is 0 Å². The van der Waals surface area contributed by atoms with Gasteiger partial charge in [0, 0.05) is 12.6 Å². The summed E-state index contributed by atoms with van der Waals surface area (Å²) in [6.07, 6.45) is 1.21. The smallest absolute Gasteiger partial charge is 0.0194 e. The van der Waals surface area contributed by atoms with E-state index >= 15 is 0 Å². The molecule has 0 radical (unpaired) electrons. The summed E-state index contributed by atoms with van der Waals surface area (Å²) >= 11 is 0. The Kier molecular flexibility index (Phi) is 4.69. The summed E-state index contributed by atoms with van der Waals surface area (Å²) in [6, 6.07) is 0.597. The molecule has 0 aromatic heterocycles. The number of hydrogen-bond donors (Lipinski definition) is 2. The highest BCUT2D eigenvalue weighted by atomic mass is 14.9. The van der Waals surface area contributed by atoms with E-state index in [1.165, 1.54) is 6.42 Å². The van der Waals surface area contributed by atoms with Gasteiger partial charge in [0.2, 0.25) is 0 Å². The van der Waals surface area contributed by atoms with Crippen LogP contribution in [0.2, 0.25) is 0 Å². The zero-order chi connectivity index (χ0) is 8.91. The van der Waals surface area contributed by atoms with Gasteiger partial charge in [0.25, 0.3) is 0 Å². The first-order chi connectivity index (χ1) is 4.99. The second kappa shape index (κ2) is 4.73. The first-order valence-electron chi connectivity index (χ1n) is 4.31. The lowest BCUT2D eigenvalue weighted by Gasteiger charge is -2.25. The predicted octanol–water partition coefficient (Wildman–Crippen LogP) is 1.23. The first kappa shape index (κ1) is 10.9. The van der Waals surface area contributed by atoms with Crippen molar-refractivity contribution in [1.29, 1.82) is 0 Å². The molecule has 0 aromatic rings. The number of rotatable bonds is 4. The normalized spacial score (nSPS) is 15.0. The standard InChI is InChI=1S/C9H22N2/c1-9(2,3)6-8(11-5)7-10-4/h8,10-11H,6-7H2,1-5H3. The molecule has 0 saturated heterocycles. The zero-order valence-corrected chi connectivity index (χ0v) is 8.49. The summed E-state index contributed by atoms with van der Waals surface area (Å²) in [6.45, 7) is 7.86. The van der Waals surface area contributed by atoms with Gasteiger partial charge in [0.1, 0.15) is 0 Å². The zero-order valence-electron chi connectivity index (χ0n) is 8.49. The number of likely N-dealkylation sites (N-methyl/N-ethyl adjacent to an activating group) is 2. The van der Waals surface area contributed by atoms with Crippen LogP contribution in [0.25, 0.3) is 0 Å². The highest BCUT2D eigenvalue weighted by molar-refractivity contribution is 4.74. The van der Waals surface area contributed by atoms with E-state index in [-0.39, 0.29) is 0 Å². The Bertz CT molecular complexity index is 94.2. The van der Waals surface area contributed by atoms with E-state index in [0.717, 1.165) is 6.54 Å². The largest absolute Gasteiger partial charge is 0.318 e. The van der Waals surface area contributed by atoms with Crippen LogP contribution in [0.1, 0.15) is 27.2 Å². The number of nitrogens with one attached hydrogen (secondary N) is 2. The fourth-order valence-electron chi connectivity index (χ4n) is 1.26. The van der Waals surface area contributed by atoms with E-state index in [1.807, 2.05) is 14.1 Å². The number of hydrogen-bond acceptors (Lipinski definition) is 2. The average molecular weight is 158 g/mol. The van der Waals surface area contributed by atoms with Crippen LogP contribution in [0.3, 0.4) is 0 Å². The van der Waals surface area contributed by atoms with E-state index in [0.29, 0.717) is 11.5 Å². The maximum Gasteiger partial charge on any atom is 0.0194 e. The van der Waals surface area contributed by atoms with Crippen molar-refractivity contribution in [2.75, 3.05) is 20.6 Å². The summed E-state index contributed by atoms with van der Waals surface area (Å²) in [4.78, 5) is 0. The molecule has 0 amide bonds. The van der Waals surface area contributed by atoms with Crippen molar-refractivity contribution in [2.24, 2.45) is 5.41 Å². The second-order valence-corrected chi connectivity index (χ2v) is 4.31. The summed E-state index contributed by atoms with van der Waals surface area (Å²) in [5.41, 5.74) is 0.421. The van der Waals surface area contributed by atoms with Crippen molar-refractivity contribution >= 4 is 0 Å². The van der Waals surface area contributed by atoms with Crippen molar-refractivity contribution in [3.8, 4) is 0 Å². The molecule has 2 heteroatoms. The third-order valence-corrected chi connectivity index (χ3v) is 1.72. The Hall–Kier alpha value is -0.0800. The minimum atomic E-state index is 0.421. The van der Waals surface area contributed by atoms with Crippen LogP contribution >= 0.6 is 0 Å². The molecule has 0 aliphatic carbocycles. The fourth-order valence-corrected chi connectivity index (χ4v) is 1.26. The quantitative estimate of drug-likeness (QED) is 0.643. The van der Waals surface area contributed by atoms with Crippen molar-refractivity contribution < 1.29 is 0 Å². The van der Waals surface area contributed by atoms with E-state index in [1.54, 1.807) is 0 Å². The molecule has 1 atom stereocenters. The van der Waals surface area contributed by atoms with Crippen LogP contribution in [-0.4, -0.2) is 26.7 Å². The van der Waals surface area contributed by atoms with Crippen LogP contribution in [-0.2, 0) is 0 Å². The van der Waals surface area contributed by atoms with Gasteiger partial charge in [-0.15, -0.1) is 0 Å². The van der Waals surface area contributed by atoms with Crippen LogP contribution in [0, 0.1) is 5.41 Å². The lowest BCUT2D eigenvalue weighted by molar-refractivity contribution is 0.313. The van der Waals surface area contributed by atoms with Gasteiger partial charge in [-0.1, -0.05) is 20.8 Å². The second-order valence-electron chi connectivity index (χ2n) is 4.31. The summed E-state index contributed by atoms with van der Waals surface area (Å²) in [5.74, 6) is 0. The SMILES string of the molecule is CNCC(CC(C)(C)C)NC. The molecule has 0 bridgehead atoms. The van der Waals surface area contributed by atoms with E-state index in [2.05, 4.69) is 31.4 Å². The molecule has 0 aliphatic heterocycles. The van der Waals surface area contributed by atoms with Crippen molar-refractivity contribution in [1.82, 2.24) is 10.6 Å². The monoisotopic (exact) mass is 158 g/mol. The molecule has 0 spiro atoms. The van der Waals surface area contributed by atoms with Gasteiger partial charge in [-0.25, -0.2) is 0 Å². The highest BCUT2D eigenvalue weighted by Gasteiger charge is 2.16. The van der Waals surface area contributed by atoms with E-state index < -0.39 is 0 Å². The van der Waals surface area contributed by atoms with Gasteiger partial charge in [-0.3, -0.25) is 0 Å². The van der Waals surface area contributed by atoms with Crippen molar-refractivity contribution in [2.45, 2.75) is 33.2 Å². The molecule has 0 saturated carbocycles. The van der Waals surface area contributed by atoms with Crippen molar-refractivity contribution in [3.63, 3.8) is 0 Å². The Morgan fingerprint density at radius 1 is 1.18 bits per heavy atom. The maximum absolute atomic E-state index is 3.30. The van der Waals surface area contributed by atoms with Gasteiger partial charge in [-0.05, 0) is 25.9 Å². The Labute approximate surface area is 70.8 Å². The Balaban J connectivity index is 3.68. The summed E-state index contributed by atoms with van der Waals surface area (Å²) in [5, 5.41) is 6.48. The molecule has 0 fully saturated rings. The Morgan fingerprint density at radius 3 is 2.00 bits per heavy atom. The molecule has 0 aliphatic rings. The van der Waals surface area contributed by atoms with Crippen LogP contribution < -0.4 is 10.6 Å². The molecule has 1 unspecified atom stereocenters. The van der Waals surface area contributed by atoms with Gasteiger partial charge < -0.3 is 10.6 Å². The lowest BCUT2D eigenvalue weighted by Crippen LogP contribution is -2.37. The van der Waals surface area contributed by atoms with Crippen molar-refractivity contribution in [3.05, 3.63) is 0 Å². The van der Waals surface area contributed by atoms with Gasteiger partial charge in [-0.2, -0.15) is 0 Å². The van der Waals surface area contributed by atoms with E-state index in [4.69, 9.17) is 0 Å². The molecule has 11 heavy (non-hydrogen) atoms. The van der Waals surface area contributed by atoms with Crippen LogP contribution in [0.15, 0.2) is 0 Å². The molecule has 2 nitrogen and oxygen atoms in total. The molecule has 0 aromatic carbocycles. The molecule has 0 rings (SSSR count). The van der Waals surface area contributed by atoms with Gasteiger partial charge in [0.15, 0.2) is 0 Å². The molecule has 68 valence electrons. The van der Waals surface area contributed by atoms with Crippen LogP contribution in [0.5, 0.6) is 0 Å². The first-order valence-corrected chi connectivity index (χ1v) is 4.31. The summed E-state index contributed by atoms with van der Waals surface area (Å²) in [7, 11) is 4.01. The van der Waals surface area contributed by atoms with Gasteiger partial charge >= 0.3 is 0 Å². The highest BCUT2D eigenvalue weighted by Crippen LogP contribution is 2.20. The lowest BCUT2D eigenvalue weighted by atomic mass is 9.88. The molecule has 2 N–H and O–H groups in total. The minimum absolute atomic E-state index is 0.421. The predicted molar refractivity (Wildman–Crippen MR) is 50.8 cm³/mol.